The largest absolute Gasteiger partial charge is 0.488 e. The second-order valence-corrected chi connectivity index (χ2v) is 4.93. The topological polar surface area (TPSA) is 56.8 Å². The minimum Gasteiger partial charge on any atom is -0.488 e. The van der Waals surface area contributed by atoms with Crippen LogP contribution in [0.1, 0.15) is 26.7 Å². The summed E-state index contributed by atoms with van der Waals surface area (Å²) < 4.78 is 29.5. The van der Waals surface area contributed by atoms with E-state index in [1.807, 2.05) is 13.8 Å². The summed E-state index contributed by atoms with van der Waals surface area (Å²) in [5.74, 6) is -0.0738. The summed E-state index contributed by atoms with van der Waals surface area (Å²) >= 11 is 0. The Morgan fingerprint density at radius 3 is 2.65 bits per heavy atom. The van der Waals surface area contributed by atoms with Crippen molar-refractivity contribution in [1.29, 1.82) is 0 Å². The summed E-state index contributed by atoms with van der Waals surface area (Å²) in [7, 11) is 0. The smallest absolute Gasteiger partial charge is 0.165 e. The van der Waals surface area contributed by atoms with Crippen molar-refractivity contribution in [3.8, 4) is 5.75 Å². The molecule has 0 aromatic heterocycles. The molecule has 6 heteroatoms. The van der Waals surface area contributed by atoms with Crippen LogP contribution >= 0.6 is 0 Å². The highest BCUT2D eigenvalue weighted by atomic mass is 19.1. The maximum absolute atomic E-state index is 13.6. The van der Waals surface area contributed by atoms with Gasteiger partial charge < -0.3 is 19.5 Å². The highest BCUT2D eigenvalue weighted by Crippen LogP contribution is 2.21. The van der Waals surface area contributed by atoms with Gasteiger partial charge in [0.25, 0.3) is 0 Å². The van der Waals surface area contributed by atoms with Crippen molar-refractivity contribution in [2.75, 3.05) is 44.9 Å². The number of hydrogen-bond acceptors (Lipinski definition) is 5. The van der Waals surface area contributed by atoms with Crippen molar-refractivity contribution >= 4 is 11.5 Å². The van der Waals surface area contributed by atoms with E-state index in [0.717, 1.165) is 12.2 Å². The second-order valence-electron chi connectivity index (χ2n) is 4.93. The highest BCUT2D eigenvalue weighted by molar-refractivity contribution is 5.79. The molecule has 0 aliphatic carbocycles. The third-order valence-corrected chi connectivity index (χ3v) is 3.03. The van der Waals surface area contributed by atoms with Crippen molar-refractivity contribution in [2.24, 2.45) is 0 Å². The van der Waals surface area contributed by atoms with Gasteiger partial charge in [0.05, 0.1) is 6.61 Å². The van der Waals surface area contributed by atoms with E-state index in [1.165, 1.54) is 6.07 Å². The third-order valence-electron chi connectivity index (χ3n) is 3.03. The van der Waals surface area contributed by atoms with Gasteiger partial charge in [0.1, 0.15) is 13.2 Å². The Morgan fingerprint density at radius 1 is 1.13 bits per heavy atom. The van der Waals surface area contributed by atoms with Gasteiger partial charge in [-0.25, -0.2) is 4.39 Å². The summed E-state index contributed by atoms with van der Waals surface area (Å²) in [4.78, 5) is 11.0. The number of ketones is 1. The van der Waals surface area contributed by atoms with Crippen LogP contribution in [0, 0.1) is 5.82 Å². The molecule has 0 saturated heterocycles. The summed E-state index contributed by atoms with van der Waals surface area (Å²) in [6.45, 7) is 6.38. The number of anilines is 1. The van der Waals surface area contributed by atoms with Gasteiger partial charge in [-0.1, -0.05) is 6.92 Å². The fourth-order valence-corrected chi connectivity index (χ4v) is 1.79. The van der Waals surface area contributed by atoms with Crippen LogP contribution in [0.2, 0.25) is 0 Å². The number of carbonyl (C=O) groups excluding carboxylic acids is 1. The van der Waals surface area contributed by atoms with E-state index in [4.69, 9.17) is 14.2 Å². The fourth-order valence-electron chi connectivity index (χ4n) is 1.79. The average molecular weight is 327 g/mol. The minimum atomic E-state index is -0.388. The van der Waals surface area contributed by atoms with Gasteiger partial charge in [-0.15, -0.1) is 0 Å². The van der Waals surface area contributed by atoms with Crippen LogP contribution in [0.15, 0.2) is 18.2 Å². The first-order valence-corrected chi connectivity index (χ1v) is 8.00. The molecule has 0 aliphatic rings. The van der Waals surface area contributed by atoms with Gasteiger partial charge in [-0.3, -0.25) is 4.79 Å². The van der Waals surface area contributed by atoms with E-state index in [-0.39, 0.29) is 30.6 Å². The zero-order valence-corrected chi connectivity index (χ0v) is 13.9. The molecule has 5 nitrogen and oxygen atoms in total. The van der Waals surface area contributed by atoms with E-state index >= 15 is 0 Å². The van der Waals surface area contributed by atoms with Crippen LogP contribution in [0.3, 0.4) is 0 Å². The summed E-state index contributed by atoms with van der Waals surface area (Å²) in [5.41, 5.74) is 0.823. The molecule has 0 spiro atoms. The Kier molecular flexibility index (Phi) is 9.99. The van der Waals surface area contributed by atoms with E-state index in [0.29, 0.717) is 32.7 Å². The van der Waals surface area contributed by atoms with Gasteiger partial charge in [0.15, 0.2) is 17.3 Å². The van der Waals surface area contributed by atoms with Gasteiger partial charge >= 0.3 is 0 Å². The lowest BCUT2D eigenvalue weighted by Crippen LogP contribution is -2.11. The molecule has 1 aromatic rings. The minimum absolute atomic E-state index is 0.0983. The molecule has 0 amide bonds. The van der Waals surface area contributed by atoms with Crippen LogP contribution in [0.4, 0.5) is 10.1 Å². The molecule has 1 aromatic carbocycles. The summed E-state index contributed by atoms with van der Waals surface area (Å²) in [5, 5.41) is 3.10. The predicted molar refractivity (Wildman–Crippen MR) is 87.6 cm³/mol. The molecule has 0 radical (unpaired) electrons. The lowest BCUT2D eigenvalue weighted by atomic mass is 10.3. The second kappa shape index (κ2) is 11.8. The number of benzene rings is 1. The van der Waals surface area contributed by atoms with Crippen molar-refractivity contribution in [2.45, 2.75) is 26.7 Å². The Morgan fingerprint density at radius 2 is 1.91 bits per heavy atom. The zero-order valence-electron chi connectivity index (χ0n) is 13.9. The molecule has 0 aliphatic heterocycles. The van der Waals surface area contributed by atoms with Gasteiger partial charge in [0, 0.05) is 37.9 Å². The Labute approximate surface area is 137 Å². The maximum atomic E-state index is 13.6. The van der Waals surface area contributed by atoms with Gasteiger partial charge in [0.2, 0.25) is 0 Å². The molecule has 130 valence electrons. The SMILES string of the molecule is CCNc1ccc(F)c(OCCOCCCOCC(=O)CC)c1. The number of carbonyl (C=O) groups is 1. The zero-order chi connectivity index (χ0) is 16.9. The normalized spacial score (nSPS) is 10.6. The van der Waals surface area contributed by atoms with Crippen LogP contribution in [-0.4, -0.2) is 45.4 Å². The van der Waals surface area contributed by atoms with Crippen molar-refractivity contribution in [1.82, 2.24) is 0 Å². The van der Waals surface area contributed by atoms with Crippen molar-refractivity contribution in [3.05, 3.63) is 24.0 Å². The Hall–Kier alpha value is -1.66. The monoisotopic (exact) mass is 327 g/mol. The molecular weight excluding hydrogens is 301 g/mol. The van der Waals surface area contributed by atoms with Gasteiger partial charge in [-0.05, 0) is 25.5 Å². The van der Waals surface area contributed by atoms with E-state index in [9.17, 15) is 9.18 Å². The third kappa shape index (κ3) is 8.52. The fraction of sp³-hybridized carbons (Fsp3) is 0.588. The average Bonchev–Trinajstić information content (AvgIpc) is 2.55. The molecule has 0 atom stereocenters. The van der Waals surface area contributed by atoms with Crippen LogP contribution < -0.4 is 10.1 Å². The number of halogens is 1. The lowest BCUT2D eigenvalue weighted by molar-refractivity contribution is -0.123. The van der Waals surface area contributed by atoms with Crippen LogP contribution in [0.5, 0.6) is 5.75 Å². The van der Waals surface area contributed by atoms with Crippen molar-refractivity contribution < 1.29 is 23.4 Å². The van der Waals surface area contributed by atoms with Crippen LogP contribution in [0.25, 0.3) is 0 Å². The predicted octanol–water partition coefficient (Wildman–Crippen LogP) is 3.04. The standard InChI is InChI=1S/C17H26FNO4/c1-3-15(20)13-22-9-5-8-21-10-11-23-17-12-14(19-4-2)6-7-16(17)18/h6-7,12,19H,3-5,8-11,13H2,1-2H3. The summed E-state index contributed by atoms with van der Waals surface area (Å²) in [6, 6.07) is 4.69. The molecule has 0 unspecified atom stereocenters. The molecule has 1 rings (SSSR count). The number of ether oxygens (including phenoxy) is 3. The Bertz CT molecular complexity index is 468. The first kappa shape index (κ1) is 19.4. The van der Waals surface area contributed by atoms with Crippen LogP contribution in [-0.2, 0) is 14.3 Å². The summed E-state index contributed by atoms with van der Waals surface area (Å²) in [6.07, 6.45) is 1.21. The lowest BCUT2D eigenvalue weighted by Gasteiger charge is -2.10. The number of nitrogens with one attached hydrogen (secondary N) is 1. The number of rotatable bonds is 13. The maximum Gasteiger partial charge on any atom is 0.165 e. The molecule has 0 saturated carbocycles. The van der Waals surface area contributed by atoms with E-state index in [2.05, 4.69) is 5.32 Å². The van der Waals surface area contributed by atoms with E-state index in [1.54, 1.807) is 12.1 Å². The van der Waals surface area contributed by atoms with Crippen molar-refractivity contribution in [3.63, 3.8) is 0 Å². The number of Topliss-reactive ketones (excluding diaryl/α,β-unsaturated/α-hetero) is 1. The molecule has 0 bridgehead atoms. The van der Waals surface area contributed by atoms with E-state index < -0.39 is 0 Å². The first-order chi connectivity index (χ1) is 11.2. The highest BCUT2D eigenvalue weighted by Gasteiger charge is 2.04. The Balaban J connectivity index is 2.09. The molecular formula is C17H26FNO4. The molecule has 0 heterocycles. The molecule has 0 fully saturated rings. The first-order valence-electron chi connectivity index (χ1n) is 8.00. The van der Waals surface area contributed by atoms with Gasteiger partial charge in [-0.2, -0.15) is 0 Å². The molecule has 1 N–H and O–H groups in total. The quantitative estimate of drug-likeness (QED) is 0.564. The number of hydrogen-bond donors (Lipinski definition) is 1. The molecule has 23 heavy (non-hydrogen) atoms.